The first-order chi connectivity index (χ1) is 11.1. The molecule has 0 spiro atoms. The number of H-pyrrole nitrogens is 1. The van der Waals surface area contributed by atoms with Crippen LogP contribution in [0, 0.1) is 19.8 Å². The van der Waals surface area contributed by atoms with Gasteiger partial charge in [0, 0.05) is 26.0 Å². The van der Waals surface area contributed by atoms with Crippen LogP contribution in [0.2, 0.25) is 0 Å². The molecule has 3 rings (SSSR count). The first-order valence-electron chi connectivity index (χ1n) is 8.42. The van der Waals surface area contributed by atoms with E-state index in [0.717, 1.165) is 49.5 Å². The van der Waals surface area contributed by atoms with Crippen LogP contribution in [0.1, 0.15) is 36.2 Å². The molecule has 1 aromatic heterocycles. The van der Waals surface area contributed by atoms with Crippen molar-refractivity contribution >= 4 is 16.9 Å². The van der Waals surface area contributed by atoms with E-state index in [9.17, 15) is 4.79 Å². The Morgan fingerprint density at radius 1 is 1.39 bits per heavy atom. The second kappa shape index (κ2) is 7.13. The van der Waals surface area contributed by atoms with Crippen molar-refractivity contribution in [3.05, 3.63) is 29.1 Å². The van der Waals surface area contributed by atoms with Crippen molar-refractivity contribution in [2.45, 2.75) is 39.5 Å². The van der Waals surface area contributed by atoms with Gasteiger partial charge in [0.1, 0.15) is 5.82 Å². The van der Waals surface area contributed by atoms with Crippen LogP contribution in [0.4, 0.5) is 0 Å². The van der Waals surface area contributed by atoms with Crippen LogP contribution in [0.3, 0.4) is 0 Å². The van der Waals surface area contributed by atoms with Crippen molar-refractivity contribution in [1.29, 1.82) is 0 Å². The highest BCUT2D eigenvalue weighted by Crippen LogP contribution is 2.18. The van der Waals surface area contributed by atoms with E-state index in [1.807, 2.05) is 0 Å². The molecule has 2 aromatic rings. The minimum Gasteiger partial charge on any atom is -0.381 e. The molecule has 0 bridgehead atoms. The number of hydrogen-bond donors (Lipinski definition) is 2. The van der Waals surface area contributed by atoms with Crippen molar-refractivity contribution in [1.82, 2.24) is 15.3 Å². The normalized spacial score (nSPS) is 18.3. The number of rotatable bonds is 5. The minimum absolute atomic E-state index is 0.0865. The molecule has 0 saturated carbocycles. The number of carbonyl (C=O) groups is 1. The van der Waals surface area contributed by atoms with E-state index in [1.165, 1.54) is 11.1 Å². The largest absolute Gasteiger partial charge is 0.381 e. The fourth-order valence-electron chi connectivity index (χ4n) is 2.99. The highest BCUT2D eigenvalue weighted by Gasteiger charge is 2.15. The number of aromatic amines is 1. The lowest BCUT2D eigenvalue weighted by Gasteiger charge is -2.22. The Morgan fingerprint density at radius 2 is 2.22 bits per heavy atom. The predicted molar refractivity (Wildman–Crippen MR) is 90.4 cm³/mol. The van der Waals surface area contributed by atoms with Gasteiger partial charge in [-0.15, -0.1) is 0 Å². The Balaban J connectivity index is 1.50. The van der Waals surface area contributed by atoms with E-state index in [0.29, 0.717) is 18.8 Å². The molecule has 1 fully saturated rings. The number of imidazole rings is 1. The molecule has 0 aliphatic carbocycles. The third-order valence-electron chi connectivity index (χ3n) is 4.58. The summed E-state index contributed by atoms with van der Waals surface area (Å²) in [5.41, 5.74) is 4.51. The number of nitrogens with zero attached hydrogens (tertiary/aromatic N) is 1. The number of nitrogens with one attached hydrogen (secondary N) is 2. The van der Waals surface area contributed by atoms with Gasteiger partial charge in [0.15, 0.2) is 0 Å². The molecular weight excluding hydrogens is 290 g/mol. The molecule has 5 nitrogen and oxygen atoms in total. The summed E-state index contributed by atoms with van der Waals surface area (Å²) in [6, 6.07) is 4.21. The summed E-state index contributed by atoms with van der Waals surface area (Å²) in [7, 11) is 0. The maximum absolute atomic E-state index is 12.0. The van der Waals surface area contributed by atoms with Crippen molar-refractivity contribution < 1.29 is 9.53 Å². The fourth-order valence-corrected chi connectivity index (χ4v) is 2.99. The summed E-state index contributed by atoms with van der Waals surface area (Å²) in [5.74, 6) is 1.43. The van der Waals surface area contributed by atoms with Crippen molar-refractivity contribution in [3.63, 3.8) is 0 Å². The lowest BCUT2D eigenvalue weighted by atomic mass is 10.0. The molecule has 23 heavy (non-hydrogen) atoms. The number of hydrogen-bond acceptors (Lipinski definition) is 3. The monoisotopic (exact) mass is 315 g/mol. The van der Waals surface area contributed by atoms with Gasteiger partial charge in [-0.05, 0) is 55.9 Å². The molecule has 1 aliphatic heterocycles. The number of benzene rings is 1. The number of carbonyl (C=O) groups excluding carboxylic acids is 1. The average Bonchev–Trinajstić information content (AvgIpc) is 2.94. The van der Waals surface area contributed by atoms with E-state index in [-0.39, 0.29) is 5.91 Å². The van der Waals surface area contributed by atoms with Crippen LogP contribution in [-0.4, -0.2) is 35.6 Å². The first kappa shape index (κ1) is 16.0. The van der Waals surface area contributed by atoms with Gasteiger partial charge in [-0.1, -0.05) is 0 Å². The first-order valence-corrected chi connectivity index (χ1v) is 8.42. The van der Waals surface area contributed by atoms with Crippen LogP contribution < -0.4 is 5.32 Å². The SMILES string of the molecule is Cc1cc2nc(CCC(=O)NC[C@H]3CCCOC3)[nH]c2cc1C. The molecule has 2 heterocycles. The zero-order valence-corrected chi connectivity index (χ0v) is 13.9. The highest BCUT2D eigenvalue weighted by atomic mass is 16.5. The van der Waals surface area contributed by atoms with Gasteiger partial charge in [-0.3, -0.25) is 4.79 Å². The third kappa shape index (κ3) is 4.10. The maximum Gasteiger partial charge on any atom is 0.220 e. The van der Waals surface area contributed by atoms with Crippen molar-refractivity contribution in [2.75, 3.05) is 19.8 Å². The molecule has 2 N–H and O–H groups in total. The molecule has 1 saturated heterocycles. The zero-order chi connectivity index (χ0) is 16.2. The van der Waals surface area contributed by atoms with Crippen LogP contribution in [0.25, 0.3) is 11.0 Å². The Hall–Kier alpha value is -1.88. The van der Waals surface area contributed by atoms with Gasteiger partial charge in [0.25, 0.3) is 0 Å². The summed E-state index contributed by atoms with van der Waals surface area (Å²) in [6.45, 7) is 6.53. The predicted octanol–water partition coefficient (Wildman–Crippen LogP) is 2.66. The van der Waals surface area contributed by atoms with Crippen molar-refractivity contribution in [3.8, 4) is 0 Å². The standard InChI is InChI=1S/C18H25N3O2/c1-12-8-15-16(9-13(12)2)21-17(20-15)5-6-18(22)19-10-14-4-3-7-23-11-14/h8-9,14H,3-7,10-11H2,1-2H3,(H,19,22)(H,20,21)/t14-/m1/s1. The lowest BCUT2D eigenvalue weighted by molar-refractivity contribution is -0.121. The molecule has 1 aromatic carbocycles. The molecule has 1 aliphatic rings. The molecule has 5 heteroatoms. The van der Waals surface area contributed by atoms with E-state index < -0.39 is 0 Å². The topological polar surface area (TPSA) is 67.0 Å². The summed E-state index contributed by atoms with van der Waals surface area (Å²) in [4.78, 5) is 19.9. The lowest BCUT2D eigenvalue weighted by Crippen LogP contribution is -2.33. The summed E-state index contributed by atoms with van der Waals surface area (Å²) < 4.78 is 5.43. The number of aromatic nitrogens is 2. The summed E-state index contributed by atoms with van der Waals surface area (Å²) in [5, 5.41) is 3.01. The van der Waals surface area contributed by atoms with Gasteiger partial charge in [-0.25, -0.2) is 4.98 Å². The van der Waals surface area contributed by atoms with Gasteiger partial charge < -0.3 is 15.0 Å². The van der Waals surface area contributed by atoms with Crippen LogP contribution >= 0.6 is 0 Å². The summed E-state index contributed by atoms with van der Waals surface area (Å²) >= 11 is 0. The molecule has 1 amide bonds. The third-order valence-corrected chi connectivity index (χ3v) is 4.58. The van der Waals surface area contributed by atoms with Crippen molar-refractivity contribution in [2.24, 2.45) is 5.92 Å². The minimum atomic E-state index is 0.0865. The molecule has 0 unspecified atom stereocenters. The van der Waals surface area contributed by atoms with E-state index >= 15 is 0 Å². The van der Waals surface area contributed by atoms with E-state index in [4.69, 9.17) is 4.74 Å². The number of amides is 1. The molecule has 1 atom stereocenters. The van der Waals surface area contributed by atoms with E-state index in [1.54, 1.807) is 0 Å². The van der Waals surface area contributed by atoms with E-state index in [2.05, 4.69) is 41.3 Å². The second-order valence-electron chi connectivity index (χ2n) is 6.52. The highest BCUT2D eigenvalue weighted by molar-refractivity contribution is 5.78. The van der Waals surface area contributed by atoms with Gasteiger partial charge in [0.05, 0.1) is 17.6 Å². The van der Waals surface area contributed by atoms with Gasteiger partial charge in [0.2, 0.25) is 5.91 Å². The fraction of sp³-hybridized carbons (Fsp3) is 0.556. The smallest absolute Gasteiger partial charge is 0.220 e. The molecular formula is C18H25N3O2. The zero-order valence-electron chi connectivity index (χ0n) is 13.9. The Bertz CT molecular complexity index is 648. The molecule has 0 radical (unpaired) electrons. The summed E-state index contributed by atoms with van der Waals surface area (Å²) in [6.07, 6.45) is 3.34. The van der Waals surface area contributed by atoms with Crippen LogP contribution in [0.5, 0.6) is 0 Å². The Kier molecular flexibility index (Phi) is 4.96. The second-order valence-corrected chi connectivity index (χ2v) is 6.52. The number of ether oxygens (including phenoxy) is 1. The van der Waals surface area contributed by atoms with Crippen LogP contribution in [0.15, 0.2) is 12.1 Å². The number of fused-ring (bicyclic) bond motifs is 1. The van der Waals surface area contributed by atoms with Gasteiger partial charge in [-0.2, -0.15) is 0 Å². The quantitative estimate of drug-likeness (QED) is 0.891. The average molecular weight is 315 g/mol. The Morgan fingerprint density at radius 3 is 3.00 bits per heavy atom. The maximum atomic E-state index is 12.0. The number of aryl methyl sites for hydroxylation is 3. The Labute approximate surface area is 136 Å². The molecule has 124 valence electrons. The van der Waals surface area contributed by atoms with Crippen LogP contribution in [-0.2, 0) is 16.0 Å². The van der Waals surface area contributed by atoms with Gasteiger partial charge >= 0.3 is 0 Å².